The van der Waals surface area contributed by atoms with Gasteiger partial charge in [-0.15, -0.1) is 11.3 Å². The maximum absolute atomic E-state index is 13.3. The van der Waals surface area contributed by atoms with Crippen LogP contribution in [-0.2, 0) is 0 Å². The molecule has 0 saturated heterocycles. The molecule has 1 aromatic carbocycles. The van der Waals surface area contributed by atoms with Gasteiger partial charge in [0, 0.05) is 16.2 Å². The molecule has 14 heavy (non-hydrogen) atoms. The number of halogens is 2. The lowest BCUT2D eigenvalue weighted by atomic mass is 10.2. The summed E-state index contributed by atoms with van der Waals surface area (Å²) in [4.78, 5) is 9.86. The molecule has 0 amide bonds. The topological polar surface area (TPSA) is 43.1 Å². The van der Waals surface area contributed by atoms with Crippen LogP contribution in [0.3, 0.4) is 0 Å². The predicted octanol–water partition coefficient (Wildman–Crippen LogP) is 3.55. The van der Waals surface area contributed by atoms with Crippen molar-refractivity contribution in [3.05, 3.63) is 37.0 Å². The molecule has 0 unspecified atom stereocenters. The molecule has 0 fully saturated rings. The second kappa shape index (κ2) is 3.43. The standard InChI is InChI=1S/C8H3FINO2S/c9-6-1-4(11(12)13)2-7-5(6)3-8(10)14-7/h1-3H. The van der Waals surface area contributed by atoms with Crippen LogP contribution in [0.25, 0.3) is 10.1 Å². The van der Waals surface area contributed by atoms with E-state index in [0.717, 1.165) is 8.95 Å². The van der Waals surface area contributed by atoms with Crippen LogP contribution in [0, 0.1) is 18.8 Å². The highest BCUT2D eigenvalue weighted by Crippen LogP contribution is 2.31. The summed E-state index contributed by atoms with van der Waals surface area (Å²) in [6.45, 7) is 0. The molecular formula is C8H3FINO2S. The van der Waals surface area contributed by atoms with Gasteiger partial charge in [-0.05, 0) is 28.7 Å². The highest BCUT2D eigenvalue weighted by atomic mass is 127. The van der Waals surface area contributed by atoms with E-state index in [1.165, 1.54) is 17.4 Å². The molecule has 1 heterocycles. The van der Waals surface area contributed by atoms with Gasteiger partial charge < -0.3 is 0 Å². The van der Waals surface area contributed by atoms with Crippen LogP contribution < -0.4 is 0 Å². The van der Waals surface area contributed by atoms with Crippen LogP contribution in [0.2, 0.25) is 0 Å². The maximum atomic E-state index is 13.3. The number of hydrogen-bond donors (Lipinski definition) is 0. The monoisotopic (exact) mass is 323 g/mol. The Labute approximate surface area is 95.8 Å². The molecule has 72 valence electrons. The van der Waals surface area contributed by atoms with E-state index >= 15 is 0 Å². The lowest BCUT2D eigenvalue weighted by molar-refractivity contribution is -0.384. The molecule has 3 nitrogen and oxygen atoms in total. The van der Waals surface area contributed by atoms with Crippen molar-refractivity contribution in [2.75, 3.05) is 0 Å². The number of benzene rings is 1. The summed E-state index contributed by atoms with van der Waals surface area (Å²) >= 11 is 3.40. The summed E-state index contributed by atoms with van der Waals surface area (Å²) in [5.41, 5.74) is -0.201. The van der Waals surface area contributed by atoms with Gasteiger partial charge in [0.2, 0.25) is 0 Å². The Kier molecular flexibility index (Phi) is 2.40. The van der Waals surface area contributed by atoms with E-state index < -0.39 is 10.7 Å². The Morgan fingerprint density at radius 2 is 2.14 bits per heavy atom. The number of nitro benzene ring substituents is 1. The largest absolute Gasteiger partial charge is 0.273 e. The Morgan fingerprint density at radius 1 is 1.43 bits per heavy atom. The molecular weight excluding hydrogens is 320 g/mol. The number of hydrogen-bond acceptors (Lipinski definition) is 3. The summed E-state index contributed by atoms with van der Waals surface area (Å²) in [6, 6.07) is 4.02. The van der Waals surface area contributed by atoms with Gasteiger partial charge in [-0.2, -0.15) is 0 Å². The van der Waals surface area contributed by atoms with E-state index in [1.54, 1.807) is 6.07 Å². The molecule has 0 aliphatic carbocycles. The number of nitrogens with zero attached hydrogens (tertiary/aromatic N) is 1. The summed E-state index contributed by atoms with van der Waals surface area (Å²) in [5.74, 6) is -0.534. The predicted molar refractivity (Wildman–Crippen MR) is 61.2 cm³/mol. The fourth-order valence-corrected chi connectivity index (χ4v) is 3.01. The van der Waals surface area contributed by atoms with Crippen LogP contribution in [0.1, 0.15) is 0 Å². The van der Waals surface area contributed by atoms with Crippen molar-refractivity contribution in [2.45, 2.75) is 0 Å². The van der Waals surface area contributed by atoms with E-state index in [1.807, 2.05) is 0 Å². The fourth-order valence-electron chi connectivity index (χ4n) is 1.16. The lowest BCUT2D eigenvalue weighted by Gasteiger charge is -1.93. The first-order chi connectivity index (χ1) is 6.58. The second-order valence-corrected chi connectivity index (χ2v) is 5.62. The van der Waals surface area contributed by atoms with Crippen LogP contribution in [0.4, 0.5) is 10.1 Å². The van der Waals surface area contributed by atoms with E-state index in [9.17, 15) is 14.5 Å². The Bertz CT molecular complexity index is 525. The number of nitro groups is 1. The SMILES string of the molecule is O=[N+]([O-])c1cc(F)c2cc(I)sc2c1. The molecule has 1 aromatic heterocycles. The minimum absolute atomic E-state index is 0.201. The molecule has 0 saturated carbocycles. The first-order valence-corrected chi connectivity index (χ1v) is 5.50. The zero-order valence-corrected chi connectivity index (χ0v) is 9.63. The third kappa shape index (κ3) is 1.59. The van der Waals surface area contributed by atoms with Crippen molar-refractivity contribution in [1.29, 1.82) is 0 Å². The number of non-ortho nitro benzene ring substituents is 1. The first kappa shape index (κ1) is 9.78. The van der Waals surface area contributed by atoms with E-state index in [4.69, 9.17) is 0 Å². The number of rotatable bonds is 1. The van der Waals surface area contributed by atoms with Gasteiger partial charge >= 0.3 is 0 Å². The van der Waals surface area contributed by atoms with Gasteiger partial charge in [-0.3, -0.25) is 10.1 Å². The van der Waals surface area contributed by atoms with Gasteiger partial charge in [-0.1, -0.05) is 0 Å². The van der Waals surface area contributed by atoms with Crippen LogP contribution >= 0.6 is 33.9 Å². The molecule has 0 bridgehead atoms. The van der Waals surface area contributed by atoms with Crippen molar-refractivity contribution in [3.8, 4) is 0 Å². The normalized spacial score (nSPS) is 10.7. The average Bonchev–Trinajstić information content (AvgIpc) is 2.45. The average molecular weight is 323 g/mol. The molecule has 0 N–H and O–H groups in total. The molecule has 0 spiro atoms. The summed E-state index contributed by atoms with van der Waals surface area (Å²) in [6.07, 6.45) is 0. The van der Waals surface area contributed by atoms with Gasteiger partial charge in [0.15, 0.2) is 0 Å². The van der Waals surface area contributed by atoms with Crippen molar-refractivity contribution in [2.24, 2.45) is 0 Å². The third-order valence-electron chi connectivity index (χ3n) is 1.75. The van der Waals surface area contributed by atoms with Crippen LogP contribution in [0.15, 0.2) is 18.2 Å². The number of thiophene rings is 1. The van der Waals surface area contributed by atoms with Crippen molar-refractivity contribution in [1.82, 2.24) is 0 Å². The second-order valence-electron chi connectivity index (χ2n) is 2.65. The van der Waals surface area contributed by atoms with Gasteiger partial charge in [-0.25, -0.2) is 4.39 Å². The molecule has 0 aliphatic heterocycles. The van der Waals surface area contributed by atoms with Crippen molar-refractivity contribution < 1.29 is 9.31 Å². The Morgan fingerprint density at radius 3 is 2.79 bits per heavy atom. The minimum Gasteiger partial charge on any atom is -0.258 e. The zero-order chi connectivity index (χ0) is 10.3. The van der Waals surface area contributed by atoms with E-state index in [-0.39, 0.29) is 5.69 Å². The van der Waals surface area contributed by atoms with Crippen LogP contribution in [0.5, 0.6) is 0 Å². The minimum atomic E-state index is -0.588. The summed E-state index contributed by atoms with van der Waals surface area (Å²) in [5, 5.41) is 10.9. The van der Waals surface area contributed by atoms with Crippen LogP contribution in [-0.4, -0.2) is 4.92 Å². The van der Waals surface area contributed by atoms with E-state index in [2.05, 4.69) is 22.6 Å². The first-order valence-electron chi connectivity index (χ1n) is 3.61. The Balaban J connectivity index is 2.77. The molecule has 0 atom stereocenters. The zero-order valence-electron chi connectivity index (χ0n) is 6.66. The fraction of sp³-hybridized carbons (Fsp3) is 0. The number of fused-ring (bicyclic) bond motifs is 1. The maximum Gasteiger partial charge on any atom is 0.273 e. The van der Waals surface area contributed by atoms with Crippen molar-refractivity contribution in [3.63, 3.8) is 0 Å². The Hall–Kier alpha value is -0.760. The lowest BCUT2D eigenvalue weighted by Crippen LogP contribution is -1.88. The smallest absolute Gasteiger partial charge is 0.258 e. The van der Waals surface area contributed by atoms with Crippen molar-refractivity contribution >= 4 is 49.7 Å². The summed E-state index contributed by atoms with van der Waals surface area (Å²) in [7, 11) is 0. The molecule has 2 aromatic rings. The summed E-state index contributed by atoms with van der Waals surface area (Å²) < 4.78 is 14.8. The quantitative estimate of drug-likeness (QED) is 0.458. The van der Waals surface area contributed by atoms with E-state index in [0.29, 0.717) is 10.1 Å². The third-order valence-corrected chi connectivity index (χ3v) is 3.59. The molecule has 6 heteroatoms. The molecule has 2 rings (SSSR count). The molecule has 0 radical (unpaired) electrons. The highest BCUT2D eigenvalue weighted by Gasteiger charge is 2.13. The molecule has 0 aliphatic rings. The highest BCUT2D eigenvalue weighted by molar-refractivity contribution is 14.1. The van der Waals surface area contributed by atoms with Gasteiger partial charge in [0.05, 0.1) is 13.9 Å². The van der Waals surface area contributed by atoms with Gasteiger partial charge in [0.1, 0.15) is 5.82 Å². The van der Waals surface area contributed by atoms with Gasteiger partial charge in [0.25, 0.3) is 5.69 Å².